The fourth-order valence-electron chi connectivity index (χ4n) is 3.07. The number of benzene rings is 2. The van der Waals surface area contributed by atoms with Crippen molar-refractivity contribution in [3.05, 3.63) is 65.7 Å². The second-order valence-electron chi connectivity index (χ2n) is 6.25. The zero-order valence-corrected chi connectivity index (χ0v) is 14.3. The molecule has 1 aliphatic heterocycles. The highest BCUT2D eigenvalue weighted by molar-refractivity contribution is 5.98. The molecule has 6 heteroatoms. The van der Waals surface area contributed by atoms with Crippen molar-refractivity contribution in [2.75, 3.05) is 31.1 Å². The van der Waals surface area contributed by atoms with Crippen LogP contribution in [0.5, 0.6) is 0 Å². The maximum Gasteiger partial charge on any atom is 0.223 e. The Balaban J connectivity index is 1.48. The fraction of sp³-hybridized carbons (Fsp3) is 0.300. The van der Waals surface area contributed by atoms with Crippen LogP contribution >= 0.6 is 0 Å². The van der Waals surface area contributed by atoms with Gasteiger partial charge >= 0.3 is 0 Å². The quantitative estimate of drug-likeness (QED) is 0.770. The average molecular weight is 358 g/mol. The number of hydrogen-bond donors (Lipinski definition) is 0. The number of amides is 1. The number of carbonyl (C=O) groups is 2. The standard InChI is InChI=1S/C20H20F2N2O2/c21-15-5-7-16(8-6-15)23-11-13-24(14-12-23)20(26)10-9-19(25)17-3-1-2-4-18(17)22/h1-8H,9-14H2. The molecular formula is C20H20F2N2O2. The molecule has 0 N–H and O–H groups in total. The SMILES string of the molecule is O=C(CCC(=O)N1CCN(c2ccc(F)cc2)CC1)c1ccccc1F. The van der Waals surface area contributed by atoms with Gasteiger partial charge in [0, 0.05) is 44.7 Å². The van der Waals surface area contributed by atoms with E-state index in [9.17, 15) is 18.4 Å². The summed E-state index contributed by atoms with van der Waals surface area (Å²) in [5.41, 5.74) is 0.953. The van der Waals surface area contributed by atoms with Crippen LogP contribution in [0.15, 0.2) is 48.5 Å². The average Bonchev–Trinajstić information content (AvgIpc) is 2.67. The number of anilines is 1. The molecule has 0 bridgehead atoms. The number of hydrogen-bond acceptors (Lipinski definition) is 3. The predicted molar refractivity (Wildman–Crippen MR) is 95.2 cm³/mol. The first-order chi connectivity index (χ1) is 12.5. The lowest BCUT2D eigenvalue weighted by molar-refractivity contribution is -0.131. The highest BCUT2D eigenvalue weighted by Gasteiger charge is 2.22. The van der Waals surface area contributed by atoms with E-state index in [0.29, 0.717) is 26.2 Å². The van der Waals surface area contributed by atoms with Crippen molar-refractivity contribution < 1.29 is 18.4 Å². The molecule has 0 atom stereocenters. The minimum atomic E-state index is -0.558. The first-order valence-electron chi connectivity index (χ1n) is 8.60. The first-order valence-corrected chi connectivity index (χ1v) is 8.60. The van der Waals surface area contributed by atoms with Crippen LogP contribution in [0, 0.1) is 11.6 Å². The number of ketones is 1. The highest BCUT2D eigenvalue weighted by Crippen LogP contribution is 2.18. The van der Waals surface area contributed by atoms with Gasteiger partial charge in [-0.25, -0.2) is 8.78 Å². The molecule has 1 amide bonds. The Hall–Kier alpha value is -2.76. The number of rotatable bonds is 5. The minimum Gasteiger partial charge on any atom is -0.368 e. The third-order valence-corrected chi connectivity index (χ3v) is 4.56. The Kier molecular flexibility index (Phi) is 5.61. The van der Waals surface area contributed by atoms with Gasteiger partial charge in [-0.15, -0.1) is 0 Å². The molecule has 0 spiro atoms. The van der Waals surface area contributed by atoms with E-state index in [2.05, 4.69) is 4.90 Å². The summed E-state index contributed by atoms with van der Waals surface area (Å²) in [5.74, 6) is -1.30. The Morgan fingerprint density at radius 3 is 2.15 bits per heavy atom. The van der Waals surface area contributed by atoms with Crippen LogP contribution in [0.1, 0.15) is 23.2 Å². The minimum absolute atomic E-state index is 0.00204. The van der Waals surface area contributed by atoms with Crippen molar-refractivity contribution in [1.29, 1.82) is 0 Å². The van der Waals surface area contributed by atoms with E-state index in [1.807, 2.05) is 0 Å². The van der Waals surface area contributed by atoms with E-state index in [1.54, 1.807) is 23.1 Å². The summed E-state index contributed by atoms with van der Waals surface area (Å²) in [4.78, 5) is 28.2. The maximum absolute atomic E-state index is 13.6. The Labute approximate surface area is 151 Å². The van der Waals surface area contributed by atoms with Gasteiger partial charge in [-0.05, 0) is 36.4 Å². The molecule has 1 saturated heterocycles. The molecule has 0 saturated carbocycles. The molecule has 1 fully saturated rings. The van der Waals surface area contributed by atoms with Gasteiger partial charge < -0.3 is 9.80 Å². The van der Waals surface area contributed by atoms with Gasteiger partial charge in [0.1, 0.15) is 11.6 Å². The second-order valence-corrected chi connectivity index (χ2v) is 6.25. The van der Waals surface area contributed by atoms with E-state index in [1.165, 1.54) is 30.3 Å². The van der Waals surface area contributed by atoms with E-state index >= 15 is 0 Å². The number of nitrogens with zero attached hydrogens (tertiary/aromatic N) is 2. The lowest BCUT2D eigenvalue weighted by Gasteiger charge is -2.36. The Morgan fingerprint density at radius 2 is 1.50 bits per heavy atom. The molecule has 2 aromatic carbocycles. The molecule has 0 radical (unpaired) electrons. The van der Waals surface area contributed by atoms with Crippen molar-refractivity contribution in [3.63, 3.8) is 0 Å². The van der Waals surface area contributed by atoms with Crippen LogP contribution in [0.2, 0.25) is 0 Å². The van der Waals surface area contributed by atoms with Crippen molar-refractivity contribution in [2.45, 2.75) is 12.8 Å². The van der Waals surface area contributed by atoms with E-state index < -0.39 is 5.82 Å². The summed E-state index contributed by atoms with van der Waals surface area (Å²) in [6.07, 6.45) is 0.0711. The van der Waals surface area contributed by atoms with Crippen LogP contribution in [0.3, 0.4) is 0 Å². The summed E-state index contributed by atoms with van der Waals surface area (Å²) in [7, 11) is 0. The molecule has 26 heavy (non-hydrogen) atoms. The molecule has 0 unspecified atom stereocenters. The smallest absolute Gasteiger partial charge is 0.223 e. The van der Waals surface area contributed by atoms with E-state index in [-0.39, 0.29) is 35.9 Å². The zero-order chi connectivity index (χ0) is 18.5. The van der Waals surface area contributed by atoms with Gasteiger partial charge in [-0.3, -0.25) is 9.59 Å². The number of halogens is 2. The van der Waals surface area contributed by atoms with Crippen molar-refractivity contribution >= 4 is 17.4 Å². The normalized spacial score (nSPS) is 14.4. The van der Waals surface area contributed by atoms with Crippen molar-refractivity contribution in [1.82, 2.24) is 4.90 Å². The Bertz CT molecular complexity index is 785. The molecule has 0 aliphatic carbocycles. The molecule has 4 nitrogen and oxygen atoms in total. The van der Waals surface area contributed by atoms with Gasteiger partial charge in [0.05, 0.1) is 5.56 Å². The second kappa shape index (κ2) is 8.08. The molecule has 1 heterocycles. The lowest BCUT2D eigenvalue weighted by Crippen LogP contribution is -2.48. The molecule has 1 aliphatic rings. The van der Waals surface area contributed by atoms with Crippen LogP contribution < -0.4 is 4.90 Å². The zero-order valence-electron chi connectivity index (χ0n) is 14.3. The van der Waals surface area contributed by atoms with Crippen LogP contribution in [0.25, 0.3) is 0 Å². The summed E-state index contributed by atoms with van der Waals surface area (Å²) in [5, 5.41) is 0. The fourth-order valence-corrected chi connectivity index (χ4v) is 3.07. The van der Waals surface area contributed by atoms with Gasteiger partial charge in [0.25, 0.3) is 0 Å². The summed E-state index contributed by atoms with van der Waals surface area (Å²) >= 11 is 0. The number of piperazine rings is 1. The Morgan fingerprint density at radius 1 is 0.846 bits per heavy atom. The van der Waals surface area contributed by atoms with E-state index in [4.69, 9.17) is 0 Å². The van der Waals surface area contributed by atoms with Crippen LogP contribution in [-0.2, 0) is 4.79 Å². The molecule has 2 aromatic rings. The van der Waals surface area contributed by atoms with Gasteiger partial charge in [-0.2, -0.15) is 0 Å². The third kappa shape index (κ3) is 4.25. The van der Waals surface area contributed by atoms with Crippen LogP contribution in [-0.4, -0.2) is 42.8 Å². The van der Waals surface area contributed by atoms with Crippen molar-refractivity contribution in [2.24, 2.45) is 0 Å². The van der Waals surface area contributed by atoms with Gasteiger partial charge in [0.2, 0.25) is 5.91 Å². The van der Waals surface area contributed by atoms with Gasteiger partial charge in [-0.1, -0.05) is 12.1 Å². The molecule has 136 valence electrons. The van der Waals surface area contributed by atoms with Crippen LogP contribution in [0.4, 0.5) is 14.5 Å². The van der Waals surface area contributed by atoms with E-state index in [0.717, 1.165) is 5.69 Å². The first kappa shape index (κ1) is 18.0. The van der Waals surface area contributed by atoms with Crippen molar-refractivity contribution in [3.8, 4) is 0 Å². The largest absolute Gasteiger partial charge is 0.368 e. The molecular weight excluding hydrogens is 338 g/mol. The lowest BCUT2D eigenvalue weighted by atomic mass is 10.1. The molecule has 0 aromatic heterocycles. The summed E-state index contributed by atoms with van der Waals surface area (Å²) in [6.45, 7) is 2.39. The summed E-state index contributed by atoms with van der Waals surface area (Å²) in [6, 6.07) is 12.1. The number of carbonyl (C=O) groups excluding carboxylic acids is 2. The van der Waals surface area contributed by atoms with Gasteiger partial charge in [0.15, 0.2) is 5.78 Å². The third-order valence-electron chi connectivity index (χ3n) is 4.56. The number of Topliss-reactive ketones (excluding diaryl/α,β-unsaturated/α-hetero) is 1. The molecule has 3 rings (SSSR count). The maximum atomic E-state index is 13.6. The predicted octanol–water partition coefficient (Wildman–Crippen LogP) is 3.28. The highest BCUT2D eigenvalue weighted by atomic mass is 19.1. The monoisotopic (exact) mass is 358 g/mol. The topological polar surface area (TPSA) is 40.6 Å². The summed E-state index contributed by atoms with van der Waals surface area (Å²) < 4.78 is 26.6.